The maximum atomic E-state index is 12.3. The highest BCUT2D eigenvalue weighted by atomic mass is 35.5. The van der Waals surface area contributed by atoms with Gasteiger partial charge in [0.05, 0.1) is 17.2 Å². The van der Waals surface area contributed by atoms with Crippen LogP contribution in [0.25, 0.3) is 11.0 Å². The minimum atomic E-state index is -0.157. The first-order valence-electron chi connectivity index (χ1n) is 6.91. The van der Waals surface area contributed by atoms with Crippen molar-refractivity contribution in [2.45, 2.75) is 25.3 Å². The van der Waals surface area contributed by atoms with Crippen LogP contribution in [-0.4, -0.2) is 34.5 Å². The molecule has 2 aromatic rings. The topological polar surface area (TPSA) is 66.9 Å². The van der Waals surface area contributed by atoms with Gasteiger partial charge in [-0.3, -0.25) is 9.78 Å². The van der Waals surface area contributed by atoms with Crippen LogP contribution in [-0.2, 0) is 0 Å². The molecule has 120 valence electrons. The van der Waals surface area contributed by atoms with Gasteiger partial charge in [0.15, 0.2) is 0 Å². The van der Waals surface area contributed by atoms with Crippen molar-refractivity contribution in [3.8, 4) is 0 Å². The maximum Gasteiger partial charge on any atom is 0.271 e. The van der Waals surface area contributed by atoms with E-state index in [-0.39, 0.29) is 36.3 Å². The van der Waals surface area contributed by atoms with E-state index in [0.717, 1.165) is 37.0 Å². The molecule has 0 radical (unpaired) electrons. The van der Waals surface area contributed by atoms with E-state index < -0.39 is 0 Å². The van der Waals surface area contributed by atoms with Crippen molar-refractivity contribution in [3.05, 3.63) is 36.2 Å². The van der Waals surface area contributed by atoms with E-state index >= 15 is 0 Å². The number of halogens is 2. The molecule has 2 N–H and O–H groups in total. The van der Waals surface area contributed by atoms with Gasteiger partial charge in [0.1, 0.15) is 5.69 Å². The highest BCUT2D eigenvalue weighted by Crippen LogP contribution is 2.18. The molecule has 1 aromatic carbocycles. The van der Waals surface area contributed by atoms with Gasteiger partial charge in [-0.1, -0.05) is 12.1 Å². The second-order valence-corrected chi connectivity index (χ2v) is 5.51. The van der Waals surface area contributed by atoms with Crippen LogP contribution >= 0.6 is 24.8 Å². The minimum Gasteiger partial charge on any atom is -0.345 e. The fourth-order valence-electron chi connectivity index (χ4n) is 2.51. The predicted molar refractivity (Wildman–Crippen MR) is 92.0 cm³/mol. The number of rotatable bonds is 2. The van der Waals surface area contributed by atoms with Crippen molar-refractivity contribution in [1.82, 2.24) is 20.6 Å². The Morgan fingerprint density at radius 2 is 1.82 bits per heavy atom. The lowest BCUT2D eigenvalue weighted by Gasteiger charge is -2.34. The Balaban J connectivity index is 0.00000121. The van der Waals surface area contributed by atoms with Gasteiger partial charge in [0.25, 0.3) is 5.91 Å². The Hall–Kier alpha value is -1.43. The fourth-order valence-corrected chi connectivity index (χ4v) is 2.51. The summed E-state index contributed by atoms with van der Waals surface area (Å²) in [6, 6.07) is 7.56. The molecule has 0 aliphatic carbocycles. The van der Waals surface area contributed by atoms with Crippen LogP contribution in [0.4, 0.5) is 0 Å². The third-order valence-corrected chi connectivity index (χ3v) is 3.80. The van der Waals surface area contributed by atoms with Gasteiger partial charge in [0, 0.05) is 5.54 Å². The summed E-state index contributed by atoms with van der Waals surface area (Å²) in [5, 5.41) is 6.39. The number of fused-ring (bicyclic) bond motifs is 1. The molecule has 1 fully saturated rings. The normalized spacial score (nSPS) is 16.2. The lowest BCUT2D eigenvalue weighted by Crippen LogP contribution is -2.52. The predicted octanol–water partition coefficient (Wildman–Crippen LogP) is 2.35. The molecular formula is C15H20Cl2N4O. The largest absolute Gasteiger partial charge is 0.345 e. The zero-order valence-electron chi connectivity index (χ0n) is 12.3. The molecule has 3 rings (SSSR count). The highest BCUT2D eigenvalue weighted by molar-refractivity contribution is 5.94. The molecule has 1 saturated heterocycles. The molecule has 5 nitrogen and oxygen atoms in total. The van der Waals surface area contributed by atoms with Crippen LogP contribution < -0.4 is 10.6 Å². The van der Waals surface area contributed by atoms with Gasteiger partial charge in [-0.05, 0) is 45.0 Å². The number of piperidine rings is 1. The summed E-state index contributed by atoms with van der Waals surface area (Å²) in [5.41, 5.74) is 1.77. The molecule has 1 amide bonds. The lowest BCUT2D eigenvalue weighted by atomic mass is 9.90. The third kappa shape index (κ3) is 4.06. The molecule has 0 atom stereocenters. The maximum absolute atomic E-state index is 12.3. The Bertz CT molecular complexity index is 644. The van der Waals surface area contributed by atoms with Crippen molar-refractivity contribution >= 4 is 41.8 Å². The standard InChI is InChI=1S/C15H18N4O.2ClH/c1-15(6-8-16-9-7-15)19-14(20)13-10-17-11-4-2-3-5-12(11)18-13;;/h2-5,10,16H,6-9H2,1H3,(H,19,20);2*1H. The Morgan fingerprint density at radius 1 is 1.18 bits per heavy atom. The van der Waals surface area contributed by atoms with Crippen LogP contribution in [0.3, 0.4) is 0 Å². The van der Waals surface area contributed by atoms with E-state index in [4.69, 9.17) is 0 Å². The van der Waals surface area contributed by atoms with Crippen LogP contribution in [0.2, 0.25) is 0 Å². The number of benzene rings is 1. The number of nitrogens with zero attached hydrogens (tertiary/aromatic N) is 2. The number of para-hydroxylation sites is 2. The van der Waals surface area contributed by atoms with Crippen molar-refractivity contribution in [2.75, 3.05) is 13.1 Å². The van der Waals surface area contributed by atoms with Gasteiger partial charge >= 0.3 is 0 Å². The number of carbonyl (C=O) groups excluding carboxylic acids is 1. The van der Waals surface area contributed by atoms with E-state index in [0.29, 0.717) is 5.69 Å². The molecule has 1 aliphatic rings. The monoisotopic (exact) mass is 342 g/mol. The van der Waals surface area contributed by atoms with Gasteiger partial charge in [-0.15, -0.1) is 24.8 Å². The SMILES string of the molecule is CC1(NC(=O)c2cnc3ccccc3n2)CCNCC1.Cl.Cl. The average Bonchev–Trinajstić information content (AvgIpc) is 2.47. The van der Waals surface area contributed by atoms with E-state index in [2.05, 4.69) is 27.5 Å². The summed E-state index contributed by atoms with van der Waals surface area (Å²) in [5.74, 6) is -0.146. The highest BCUT2D eigenvalue weighted by Gasteiger charge is 2.29. The van der Waals surface area contributed by atoms with E-state index in [1.54, 1.807) is 6.20 Å². The van der Waals surface area contributed by atoms with Crippen LogP contribution in [0.5, 0.6) is 0 Å². The Labute approximate surface area is 142 Å². The smallest absolute Gasteiger partial charge is 0.271 e. The van der Waals surface area contributed by atoms with Crippen molar-refractivity contribution < 1.29 is 4.79 Å². The van der Waals surface area contributed by atoms with Crippen LogP contribution in [0.1, 0.15) is 30.3 Å². The molecule has 7 heteroatoms. The lowest BCUT2D eigenvalue weighted by molar-refractivity contribution is 0.0882. The van der Waals surface area contributed by atoms with Gasteiger partial charge in [-0.25, -0.2) is 4.98 Å². The minimum absolute atomic E-state index is 0. The number of aromatic nitrogens is 2. The van der Waals surface area contributed by atoms with Crippen LogP contribution in [0.15, 0.2) is 30.5 Å². The van der Waals surface area contributed by atoms with Gasteiger partial charge in [-0.2, -0.15) is 0 Å². The van der Waals surface area contributed by atoms with Crippen LogP contribution in [0, 0.1) is 0 Å². The second kappa shape index (κ2) is 7.72. The first-order chi connectivity index (χ1) is 9.66. The van der Waals surface area contributed by atoms with E-state index in [9.17, 15) is 4.79 Å². The number of hydrogen-bond acceptors (Lipinski definition) is 4. The first-order valence-corrected chi connectivity index (χ1v) is 6.91. The summed E-state index contributed by atoms with van der Waals surface area (Å²) in [6.07, 6.45) is 3.40. The van der Waals surface area contributed by atoms with Gasteiger partial charge in [0.2, 0.25) is 0 Å². The third-order valence-electron chi connectivity index (χ3n) is 3.80. The zero-order chi connectivity index (χ0) is 14.0. The zero-order valence-corrected chi connectivity index (χ0v) is 14.0. The second-order valence-electron chi connectivity index (χ2n) is 5.51. The summed E-state index contributed by atoms with van der Waals surface area (Å²) < 4.78 is 0. The van der Waals surface area contributed by atoms with Gasteiger partial charge < -0.3 is 10.6 Å². The number of nitrogens with one attached hydrogen (secondary N) is 2. The van der Waals surface area contributed by atoms with E-state index in [1.807, 2.05) is 24.3 Å². The summed E-state index contributed by atoms with van der Waals surface area (Å²) in [6.45, 7) is 3.95. The Kier molecular flexibility index (Phi) is 6.53. The summed E-state index contributed by atoms with van der Waals surface area (Å²) in [7, 11) is 0. The average molecular weight is 343 g/mol. The van der Waals surface area contributed by atoms with Crippen molar-refractivity contribution in [2.24, 2.45) is 0 Å². The number of carbonyl (C=O) groups is 1. The number of amides is 1. The molecule has 0 unspecified atom stereocenters. The summed E-state index contributed by atoms with van der Waals surface area (Å²) in [4.78, 5) is 21.0. The van der Waals surface area contributed by atoms with E-state index in [1.165, 1.54) is 0 Å². The molecule has 0 bridgehead atoms. The fraction of sp³-hybridized carbons (Fsp3) is 0.400. The number of hydrogen-bond donors (Lipinski definition) is 2. The molecule has 1 aromatic heterocycles. The van der Waals surface area contributed by atoms with Crippen molar-refractivity contribution in [1.29, 1.82) is 0 Å². The molecule has 1 aliphatic heterocycles. The summed E-state index contributed by atoms with van der Waals surface area (Å²) >= 11 is 0. The van der Waals surface area contributed by atoms with Crippen molar-refractivity contribution in [3.63, 3.8) is 0 Å². The quantitative estimate of drug-likeness (QED) is 0.878. The first kappa shape index (κ1) is 18.6. The molecule has 0 saturated carbocycles. The molecule has 22 heavy (non-hydrogen) atoms. The Morgan fingerprint density at radius 3 is 2.50 bits per heavy atom. The molecule has 0 spiro atoms. The molecule has 2 heterocycles. The molecular weight excluding hydrogens is 323 g/mol.